The Hall–Kier alpha value is -6.11. The van der Waals surface area contributed by atoms with Gasteiger partial charge >= 0.3 is 5.97 Å². The van der Waals surface area contributed by atoms with Gasteiger partial charge < -0.3 is 50.5 Å². The van der Waals surface area contributed by atoms with E-state index in [4.69, 9.17) is 4.74 Å². The number of carbonyl (C=O) groups is 8. The molecule has 0 aliphatic carbocycles. The number of aliphatic hydroxyl groups is 1. The van der Waals surface area contributed by atoms with Crippen molar-refractivity contribution in [3.8, 4) is 5.75 Å². The predicted octanol–water partition coefficient (Wildman–Crippen LogP) is 0.360. The summed E-state index contributed by atoms with van der Waals surface area (Å²) in [7, 11) is 4.11. The molecule has 4 rings (SSSR count). The second-order valence-electron chi connectivity index (χ2n) is 16.9. The normalized spacial score (nSPS) is 26.7. The van der Waals surface area contributed by atoms with Gasteiger partial charge in [0.25, 0.3) is 5.91 Å². The molecule has 2 saturated heterocycles. The lowest BCUT2D eigenvalue weighted by Crippen LogP contribution is -2.60. The number of esters is 1. The largest absolute Gasteiger partial charge is 0.505 e. The third kappa shape index (κ3) is 11.8. The number of aliphatic hydroxyl groups excluding tert-OH is 1. The Morgan fingerprint density at radius 1 is 0.855 bits per heavy atom. The number of benzene rings is 1. The molecule has 0 bridgehead atoms. The first-order chi connectivity index (χ1) is 29.1. The fourth-order valence-electron chi connectivity index (χ4n) is 7.60. The van der Waals surface area contributed by atoms with E-state index in [1.165, 1.54) is 58.2 Å². The average Bonchev–Trinajstić information content (AvgIpc) is 3.61. The second-order valence-corrected chi connectivity index (χ2v) is 16.9. The fourth-order valence-corrected chi connectivity index (χ4v) is 7.60. The van der Waals surface area contributed by atoms with E-state index in [1.807, 2.05) is 13.8 Å². The zero-order valence-electron chi connectivity index (χ0n) is 36.7. The van der Waals surface area contributed by atoms with Gasteiger partial charge in [0.15, 0.2) is 11.7 Å². The van der Waals surface area contributed by atoms with Crippen molar-refractivity contribution in [2.75, 3.05) is 34.2 Å². The van der Waals surface area contributed by atoms with Crippen molar-refractivity contribution in [2.45, 2.75) is 109 Å². The lowest BCUT2D eigenvalue weighted by Gasteiger charge is -2.35. The number of carbonyl (C=O) groups excluding carboxylic acids is 8. The molecule has 8 atom stereocenters. The van der Waals surface area contributed by atoms with Gasteiger partial charge in [0.2, 0.25) is 35.4 Å². The molecule has 0 spiro atoms. The summed E-state index contributed by atoms with van der Waals surface area (Å²) in [6, 6.07) is 2.66. The molecule has 338 valence electrons. The number of aromatic hydroxyl groups is 1. The number of hydrogen-bond donors (Lipinski definition) is 5. The highest BCUT2D eigenvalue weighted by molar-refractivity contribution is 6.00. The van der Waals surface area contributed by atoms with E-state index in [1.54, 1.807) is 44.2 Å². The number of nitrogens with one attached hydrogen (secondary N) is 3. The lowest BCUT2D eigenvalue weighted by atomic mass is 10.0. The van der Waals surface area contributed by atoms with E-state index in [-0.39, 0.29) is 37.6 Å². The number of likely N-dealkylation sites (N-methyl/N-ethyl adjacent to an activating group) is 3. The van der Waals surface area contributed by atoms with Crippen LogP contribution in [0.3, 0.4) is 0 Å². The average molecular weight is 865 g/mol. The van der Waals surface area contributed by atoms with Crippen LogP contribution in [0.2, 0.25) is 0 Å². The number of hydrogen-bond acceptors (Lipinski definition) is 12. The van der Waals surface area contributed by atoms with E-state index in [2.05, 4.69) is 20.9 Å². The summed E-state index contributed by atoms with van der Waals surface area (Å²) < 4.78 is 5.89. The molecule has 8 unspecified atom stereocenters. The first kappa shape index (κ1) is 48.6. The molecule has 1 aromatic heterocycles. The molecule has 62 heavy (non-hydrogen) atoms. The van der Waals surface area contributed by atoms with Gasteiger partial charge in [-0.05, 0) is 56.2 Å². The van der Waals surface area contributed by atoms with Crippen LogP contribution in [-0.4, -0.2) is 159 Å². The van der Waals surface area contributed by atoms with Crippen LogP contribution in [0.25, 0.3) is 0 Å². The predicted molar refractivity (Wildman–Crippen MR) is 223 cm³/mol. The summed E-state index contributed by atoms with van der Waals surface area (Å²) in [6.45, 7) is 9.27. The van der Waals surface area contributed by atoms with Crippen LogP contribution in [0.15, 0.2) is 48.7 Å². The van der Waals surface area contributed by atoms with Gasteiger partial charge in [0.1, 0.15) is 42.1 Å². The van der Waals surface area contributed by atoms with Crippen LogP contribution < -0.4 is 16.0 Å². The molecule has 5 N–H and O–H groups in total. The van der Waals surface area contributed by atoms with Crippen molar-refractivity contribution in [1.82, 2.24) is 40.5 Å². The third-order valence-electron chi connectivity index (χ3n) is 10.9. The van der Waals surface area contributed by atoms with E-state index < -0.39 is 114 Å². The fraction of sp³-hybridized carbons (Fsp3) is 0.558. The molecule has 19 nitrogen and oxygen atoms in total. The van der Waals surface area contributed by atoms with Crippen LogP contribution in [0.1, 0.15) is 82.9 Å². The highest BCUT2D eigenvalue weighted by atomic mass is 16.5. The first-order valence-electron chi connectivity index (χ1n) is 20.7. The molecule has 2 aliphatic rings. The van der Waals surface area contributed by atoms with Crippen molar-refractivity contribution in [1.29, 1.82) is 0 Å². The van der Waals surface area contributed by atoms with Crippen LogP contribution in [0.5, 0.6) is 5.75 Å². The maximum atomic E-state index is 14.4. The number of ether oxygens (including phenoxy) is 1. The Labute approximate surface area is 361 Å². The highest BCUT2D eigenvalue weighted by Gasteiger charge is 2.45. The van der Waals surface area contributed by atoms with Gasteiger partial charge in [-0.3, -0.25) is 33.6 Å². The SMILES string of the molecule is CC(C)CC1NC(=O)C(NC(=O)c2ncccc2O)C(C)OC(=O)C(c2ccccc2)N(C)C(=O)C(C)NC(=O)C(CC(C)C)N(C)C(=O)CN(C)C(=O)C2CC(O)CN2C1=O. The van der Waals surface area contributed by atoms with E-state index in [0.29, 0.717) is 5.56 Å². The zero-order chi connectivity index (χ0) is 46.2. The zero-order valence-corrected chi connectivity index (χ0v) is 36.7. The Bertz CT molecular complexity index is 1980. The number of fused-ring (bicyclic) bond motifs is 1. The molecular formula is C43H60N8O11. The Kier molecular flexibility index (Phi) is 16.5. The summed E-state index contributed by atoms with van der Waals surface area (Å²) in [4.78, 5) is 121. The quantitative estimate of drug-likeness (QED) is 0.237. The van der Waals surface area contributed by atoms with Gasteiger partial charge in [0.05, 0.1) is 12.6 Å². The minimum absolute atomic E-state index is 0.0353. The molecule has 0 saturated carbocycles. The van der Waals surface area contributed by atoms with Crippen molar-refractivity contribution >= 4 is 47.3 Å². The minimum Gasteiger partial charge on any atom is -0.505 e. The van der Waals surface area contributed by atoms with E-state index in [9.17, 15) is 48.6 Å². The van der Waals surface area contributed by atoms with E-state index >= 15 is 0 Å². The standard InChI is InChI=1S/C43H60N8O11/c1-23(2)18-29-41(59)51-21-28(52)20-31(51)42(60)48(7)22-33(54)49(8)30(19-24(3)4)37(55)45-25(5)40(58)50(9)36(27-14-11-10-12-15-27)43(61)62-26(6)34(38(56)46-29)47-39(57)35-32(53)16-13-17-44-35/h10-17,23-26,28-31,34,36,52-53H,18-22H2,1-9H3,(H,45,55)(H,46,56)(H,47,57). The minimum atomic E-state index is -1.74. The molecule has 1 aromatic carbocycles. The summed E-state index contributed by atoms with van der Waals surface area (Å²) >= 11 is 0. The Balaban J connectivity index is 1.84. The van der Waals surface area contributed by atoms with Crippen LogP contribution in [0.4, 0.5) is 0 Å². The van der Waals surface area contributed by atoms with Crippen LogP contribution >= 0.6 is 0 Å². The van der Waals surface area contributed by atoms with Gasteiger partial charge in [0, 0.05) is 40.3 Å². The molecule has 2 aromatic rings. The maximum absolute atomic E-state index is 14.4. The van der Waals surface area contributed by atoms with Gasteiger partial charge in [-0.2, -0.15) is 0 Å². The van der Waals surface area contributed by atoms with Crippen LogP contribution in [-0.2, 0) is 38.3 Å². The number of aromatic nitrogens is 1. The number of pyridine rings is 1. The number of cyclic esters (lactones) is 1. The van der Waals surface area contributed by atoms with Gasteiger partial charge in [-0.25, -0.2) is 9.78 Å². The molecule has 7 amide bonds. The summed E-state index contributed by atoms with van der Waals surface area (Å²) in [6.07, 6.45) is -1.32. The summed E-state index contributed by atoms with van der Waals surface area (Å²) in [5.74, 6) is -7.25. The third-order valence-corrected chi connectivity index (χ3v) is 10.9. The summed E-state index contributed by atoms with van der Waals surface area (Å²) in [5, 5.41) is 29.0. The number of amides is 7. The van der Waals surface area contributed by atoms with Gasteiger partial charge in [-0.15, -0.1) is 0 Å². The van der Waals surface area contributed by atoms with E-state index in [0.717, 1.165) is 14.7 Å². The molecule has 3 heterocycles. The van der Waals surface area contributed by atoms with Crippen LogP contribution in [0, 0.1) is 11.8 Å². The monoisotopic (exact) mass is 864 g/mol. The Morgan fingerprint density at radius 2 is 1.50 bits per heavy atom. The molecule has 2 aliphatic heterocycles. The van der Waals surface area contributed by atoms with Crippen molar-refractivity contribution in [3.63, 3.8) is 0 Å². The molecule has 19 heteroatoms. The summed E-state index contributed by atoms with van der Waals surface area (Å²) in [5.41, 5.74) is -0.143. The smallest absolute Gasteiger partial charge is 0.333 e. The lowest BCUT2D eigenvalue weighted by molar-refractivity contribution is -0.161. The maximum Gasteiger partial charge on any atom is 0.333 e. The first-order valence-corrected chi connectivity index (χ1v) is 20.7. The van der Waals surface area contributed by atoms with Crippen molar-refractivity contribution in [3.05, 3.63) is 59.9 Å². The van der Waals surface area contributed by atoms with Crippen molar-refractivity contribution in [2.24, 2.45) is 11.8 Å². The Morgan fingerprint density at radius 3 is 2.11 bits per heavy atom. The molecular weight excluding hydrogens is 805 g/mol. The number of nitrogens with zero attached hydrogens (tertiary/aromatic N) is 5. The molecule has 2 fully saturated rings. The van der Waals surface area contributed by atoms with Crippen molar-refractivity contribution < 1.29 is 53.3 Å². The second kappa shape index (κ2) is 21.1. The molecule has 0 radical (unpaired) electrons. The van der Waals surface area contributed by atoms with Gasteiger partial charge in [-0.1, -0.05) is 58.0 Å². The topological polar surface area (TPSA) is 248 Å². The number of rotatable bonds is 7. The highest BCUT2D eigenvalue weighted by Crippen LogP contribution is 2.26.